The van der Waals surface area contributed by atoms with Crippen molar-refractivity contribution in [1.29, 1.82) is 5.26 Å². The molecule has 80 valence electrons. The van der Waals surface area contributed by atoms with Gasteiger partial charge in [0.1, 0.15) is 0 Å². The topological polar surface area (TPSA) is 53.0 Å². The van der Waals surface area contributed by atoms with E-state index in [9.17, 15) is 0 Å². The SMILES string of the molecule is N#CC1=CC=CC(N(N)c2ccccc2)C1. The lowest BCUT2D eigenvalue weighted by atomic mass is 10.0. The summed E-state index contributed by atoms with van der Waals surface area (Å²) in [6, 6.07) is 12.0. The fraction of sp³-hybridized carbons (Fsp3) is 0.154. The Bertz CT molecular complexity index is 454. The summed E-state index contributed by atoms with van der Waals surface area (Å²) in [6.07, 6.45) is 6.39. The van der Waals surface area contributed by atoms with Crippen molar-refractivity contribution < 1.29 is 0 Å². The van der Waals surface area contributed by atoms with Gasteiger partial charge in [0.2, 0.25) is 0 Å². The van der Waals surface area contributed by atoms with Crippen molar-refractivity contribution in [3.8, 4) is 6.07 Å². The van der Waals surface area contributed by atoms with Crippen LogP contribution in [-0.2, 0) is 0 Å². The molecule has 1 aromatic carbocycles. The number of hydrogen-bond acceptors (Lipinski definition) is 3. The normalized spacial score (nSPS) is 18.8. The van der Waals surface area contributed by atoms with E-state index in [0.717, 1.165) is 11.3 Å². The Balaban J connectivity index is 2.14. The van der Waals surface area contributed by atoms with Crippen molar-refractivity contribution in [3.05, 3.63) is 54.1 Å². The van der Waals surface area contributed by atoms with Gasteiger partial charge in [-0.1, -0.05) is 30.4 Å². The molecule has 0 amide bonds. The van der Waals surface area contributed by atoms with Crippen molar-refractivity contribution in [2.75, 3.05) is 5.01 Å². The number of hydrazine groups is 1. The van der Waals surface area contributed by atoms with E-state index in [0.29, 0.717) is 6.42 Å². The van der Waals surface area contributed by atoms with Crippen molar-refractivity contribution in [3.63, 3.8) is 0 Å². The molecule has 2 N–H and O–H groups in total. The van der Waals surface area contributed by atoms with Crippen molar-refractivity contribution in [2.24, 2.45) is 5.84 Å². The Labute approximate surface area is 95.1 Å². The zero-order valence-electron chi connectivity index (χ0n) is 8.88. The third kappa shape index (κ3) is 2.13. The lowest BCUT2D eigenvalue weighted by Crippen LogP contribution is -2.40. The highest BCUT2D eigenvalue weighted by atomic mass is 15.4. The van der Waals surface area contributed by atoms with E-state index >= 15 is 0 Å². The molecule has 1 aromatic rings. The zero-order valence-corrected chi connectivity index (χ0v) is 8.88. The number of hydrogen-bond donors (Lipinski definition) is 1. The molecule has 0 heterocycles. The Morgan fingerprint density at radius 1 is 1.31 bits per heavy atom. The van der Waals surface area contributed by atoms with Gasteiger partial charge in [-0.05, 0) is 18.2 Å². The first-order valence-electron chi connectivity index (χ1n) is 5.17. The first-order chi connectivity index (χ1) is 7.81. The number of allylic oxidation sites excluding steroid dienone is 2. The maximum absolute atomic E-state index is 8.85. The van der Waals surface area contributed by atoms with Crippen LogP contribution in [-0.4, -0.2) is 6.04 Å². The van der Waals surface area contributed by atoms with Gasteiger partial charge in [-0.15, -0.1) is 0 Å². The molecule has 3 nitrogen and oxygen atoms in total. The minimum Gasteiger partial charge on any atom is -0.304 e. The largest absolute Gasteiger partial charge is 0.304 e. The Morgan fingerprint density at radius 2 is 2.06 bits per heavy atom. The van der Waals surface area contributed by atoms with E-state index in [1.165, 1.54) is 0 Å². The predicted molar refractivity (Wildman–Crippen MR) is 64.3 cm³/mol. The van der Waals surface area contributed by atoms with Crippen LogP contribution in [0.5, 0.6) is 0 Å². The van der Waals surface area contributed by atoms with Gasteiger partial charge in [0.15, 0.2) is 0 Å². The highest BCUT2D eigenvalue weighted by Crippen LogP contribution is 2.20. The van der Waals surface area contributed by atoms with Crippen LogP contribution in [0.4, 0.5) is 5.69 Å². The number of rotatable bonds is 2. The molecule has 1 atom stereocenters. The lowest BCUT2D eigenvalue weighted by Gasteiger charge is -2.28. The molecule has 0 saturated heterocycles. The molecule has 0 spiro atoms. The molecule has 1 aliphatic carbocycles. The second-order valence-corrected chi connectivity index (χ2v) is 3.70. The van der Waals surface area contributed by atoms with Gasteiger partial charge in [0.25, 0.3) is 0 Å². The lowest BCUT2D eigenvalue weighted by molar-refractivity contribution is 0.702. The van der Waals surface area contributed by atoms with Gasteiger partial charge >= 0.3 is 0 Å². The fourth-order valence-electron chi connectivity index (χ4n) is 1.73. The predicted octanol–water partition coefficient (Wildman–Crippen LogP) is 2.15. The van der Waals surface area contributed by atoms with Gasteiger partial charge in [-0.3, -0.25) is 0 Å². The van der Waals surface area contributed by atoms with Gasteiger partial charge < -0.3 is 5.01 Å². The average molecular weight is 211 g/mol. The van der Waals surface area contributed by atoms with E-state index < -0.39 is 0 Å². The standard InChI is InChI=1S/C13H13N3/c14-10-11-5-4-8-13(9-11)16(15)12-6-2-1-3-7-12/h1-8,13H,9,15H2. The monoisotopic (exact) mass is 211 g/mol. The van der Waals surface area contributed by atoms with E-state index in [4.69, 9.17) is 11.1 Å². The van der Waals surface area contributed by atoms with Crippen LogP contribution in [0.2, 0.25) is 0 Å². The maximum atomic E-state index is 8.85. The summed E-state index contributed by atoms with van der Waals surface area (Å²) in [5.41, 5.74) is 1.72. The first kappa shape index (κ1) is 10.5. The van der Waals surface area contributed by atoms with Gasteiger partial charge in [0.05, 0.1) is 17.8 Å². The maximum Gasteiger partial charge on any atom is 0.0948 e. The summed E-state index contributed by atoms with van der Waals surface area (Å²) in [6.45, 7) is 0. The highest BCUT2D eigenvalue weighted by Gasteiger charge is 2.16. The molecule has 3 heteroatoms. The average Bonchev–Trinajstić information content (AvgIpc) is 2.39. The molecule has 0 fully saturated rings. The van der Waals surface area contributed by atoms with Crippen molar-refractivity contribution in [1.82, 2.24) is 0 Å². The van der Waals surface area contributed by atoms with Crippen LogP contribution in [0.25, 0.3) is 0 Å². The quantitative estimate of drug-likeness (QED) is 0.602. The summed E-state index contributed by atoms with van der Waals surface area (Å²) in [4.78, 5) is 0. The molecule has 16 heavy (non-hydrogen) atoms. The molecule has 0 radical (unpaired) electrons. The van der Waals surface area contributed by atoms with Crippen LogP contribution in [0.3, 0.4) is 0 Å². The Morgan fingerprint density at radius 3 is 2.75 bits per heavy atom. The van der Waals surface area contributed by atoms with Crippen LogP contribution < -0.4 is 10.9 Å². The Kier molecular flexibility index (Phi) is 3.04. The molecular weight excluding hydrogens is 198 g/mol. The van der Waals surface area contributed by atoms with E-state index in [1.807, 2.05) is 48.6 Å². The number of nitriles is 1. The molecule has 2 rings (SSSR count). The molecule has 1 aliphatic rings. The van der Waals surface area contributed by atoms with E-state index in [-0.39, 0.29) is 6.04 Å². The number of para-hydroxylation sites is 1. The minimum atomic E-state index is 0.0575. The number of nitrogens with two attached hydrogens (primary N) is 1. The van der Waals surface area contributed by atoms with Crippen molar-refractivity contribution >= 4 is 5.69 Å². The third-order valence-electron chi connectivity index (χ3n) is 2.61. The smallest absolute Gasteiger partial charge is 0.0948 e. The highest BCUT2D eigenvalue weighted by molar-refractivity contribution is 5.48. The van der Waals surface area contributed by atoms with Gasteiger partial charge in [-0.25, -0.2) is 5.84 Å². The molecule has 1 unspecified atom stereocenters. The van der Waals surface area contributed by atoms with Gasteiger partial charge in [0, 0.05) is 12.0 Å². The number of anilines is 1. The second kappa shape index (κ2) is 4.65. The summed E-state index contributed by atoms with van der Waals surface area (Å²) in [7, 11) is 0. The van der Waals surface area contributed by atoms with E-state index in [1.54, 1.807) is 5.01 Å². The summed E-state index contributed by atoms with van der Waals surface area (Å²) in [5, 5.41) is 10.5. The van der Waals surface area contributed by atoms with Crippen LogP contribution in [0, 0.1) is 11.3 Å². The van der Waals surface area contributed by atoms with Crippen LogP contribution >= 0.6 is 0 Å². The Hall–Kier alpha value is -2.05. The molecule has 0 saturated carbocycles. The van der Waals surface area contributed by atoms with E-state index in [2.05, 4.69) is 6.07 Å². The van der Waals surface area contributed by atoms with Crippen LogP contribution in [0.15, 0.2) is 54.1 Å². The number of benzene rings is 1. The minimum absolute atomic E-state index is 0.0575. The fourth-order valence-corrected chi connectivity index (χ4v) is 1.73. The third-order valence-corrected chi connectivity index (χ3v) is 2.61. The summed E-state index contributed by atoms with van der Waals surface area (Å²) >= 11 is 0. The summed E-state index contributed by atoms with van der Waals surface area (Å²) < 4.78 is 0. The molecular formula is C13H13N3. The van der Waals surface area contributed by atoms with Gasteiger partial charge in [-0.2, -0.15) is 5.26 Å². The second-order valence-electron chi connectivity index (χ2n) is 3.70. The zero-order chi connectivity index (χ0) is 11.4. The first-order valence-corrected chi connectivity index (χ1v) is 5.17. The molecule has 0 aliphatic heterocycles. The molecule has 0 bridgehead atoms. The number of nitrogens with zero attached hydrogens (tertiary/aromatic N) is 2. The van der Waals surface area contributed by atoms with Crippen LogP contribution in [0.1, 0.15) is 6.42 Å². The summed E-state index contributed by atoms with van der Waals surface area (Å²) in [5.74, 6) is 6.03. The molecule has 0 aromatic heterocycles. The van der Waals surface area contributed by atoms with Crippen molar-refractivity contribution in [2.45, 2.75) is 12.5 Å².